The van der Waals surface area contributed by atoms with Gasteiger partial charge in [0.25, 0.3) is 0 Å². The summed E-state index contributed by atoms with van der Waals surface area (Å²) in [4.78, 5) is 0. The number of hydrogen-bond acceptors (Lipinski definition) is 0. The molecule has 0 saturated carbocycles. The Balaban J connectivity index is 1.52. The zero-order valence-corrected chi connectivity index (χ0v) is 23.4. The molecule has 0 unspecified atom stereocenters. The Morgan fingerprint density at radius 1 is 0.366 bits per heavy atom. The van der Waals surface area contributed by atoms with Crippen LogP contribution in [-0.2, 0) is 0 Å². The Hall–Kier alpha value is -4.94. The summed E-state index contributed by atoms with van der Waals surface area (Å²) in [5, 5.41) is 13.1. The van der Waals surface area contributed by atoms with Crippen LogP contribution in [0.15, 0.2) is 140 Å². The molecule has 8 aromatic carbocycles. The van der Waals surface area contributed by atoms with Crippen molar-refractivity contribution in [2.24, 2.45) is 0 Å². The maximum atomic E-state index is 2.40. The Bertz CT molecular complexity index is 2210. The van der Waals surface area contributed by atoms with E-state index in [0.29, 0.717) is 5.92 Å². The lowest BCUT2D eigenvalue weighted by molar-refractivity contribution is 0.885. The van der Waals surface area contributed by atoms with Crippen LogP contribution in [-0.4, -0.2) is 0 Å². The molecule has 0 aliphatic heterocycles. The van der Waals surface area contributed by atoms with Gasteiger partial charge in [-0.05, 0) is 93.7 Å². The second-order valence-corrected chi connectivity index (χ2v) is 11.4. The Kier molecular flexibility index (Phi) is 5.43. The van der Waals surface area contributed by atoms with Crippen molar-refractivity contribution in [1.29, 1.82) is 0 Å². The molecule has 0 fully saturated rings. The summed E-state index contributed by atoms with van der Waals surface area (Å²) in [6.45, 7) is 4.63. The predicted octanol–water partition coefficient (Wildman–Crippen LogP) is 11.9. The molecule has 0 nitrogen and oxygen atoms in total. The minimum atomic E-state index is 0.433. The highest BCUT2D eigenvalue weighted by atomic mass is 14.2. The Morgan fingerprint density at radius 2 is 0.902 bits per heavy atom. The van der Waals surface area contributed by atoms with E-state index in [1.807, 2.05) is 0 Å². The van der Waals surface area contributed by atoms with Crippen LogP contribution in [0.5, 0.6) is 0 Å². The smallest absolute Gasteiger partial charge is 0.00201 e. The second kappa shape index (κ2) is 9.32. The van der Waals surface area contributed by atoms with Gasteiger partial charge < -0.3 is 0 Å². The van der Waals surface area contributed by atoms with Crippen LogP contribution in [0.3, 0.4) is 0 Å². The quantitative estimate of drug-likeness (QED) is 0.160. The maximum Gasteiger partial charge on any atom is -0.00201 e. The fourth-order valence-corrected chi connectivity index (χ4v) is 7.11. The van der Waals surface area contributed by atoms with Gasteiger partial charge in [0, 0.05) is 0 Å². The molecule has 0 atom stereocenters. The molecule has 0 spiro atoms. The second-order valence-electron chi connectivity index (χ2n) is 11.4. The first-order chi connectivity index (χ1) is 20.2. The molecule has 0 N–H and O–H groups in total. The van der Waals surface area contributed by atoms with Crippen LogP contribution in [0.1, 0.15) is 25.3 Å². The lowest BCUT2D eigenvalue weighted by Crippen LogP contribution is -1.94. The third-order valence-electron chi connectivity index (χ3n) is 8.78. The van der Waals surface area contributed by atoms with Crippen molar-refractivity contribution in [1.82, 2.24) is 0 Å². The van der Waals surface area contributed by atoms with E-state index in [1.54, 1.807) is 0 Å². The molecule has 0 heteroatoms. The Labute approximate surface area is 240 Å². The Morgan fingerprint density at radius 3 is 1.56 bits per heavy atom. The van der Waals surface area contributed by atoms with Gasteiger partial charge in [-0.25, -0.2) is 0 Å². The third-order valence-corrected chi connectivity index (χ3v) is 8.78. The fraction of sp³-hybridized carbons (Fsp3) is 0.0732. The largest absolute Gasteiger partial charge is 0.0622 e. The van der Waals surface area contributed by atoms with Crippen molar-refractivity contribution >= 4 is 53.9 Å². The van der Waals surface area contributed by atoms with E-state index in [1.165, 1.54) is 81.7 Å². The molecular weight excluding hydrogens is 492 g/mol. The lowest BCUT2D eigenvalue weighted by Gasteiger charge is -2.20. The van der Waals surface area contributed by atoms with E-state index < -0.39 is 0 Å². The van der Waals surface area contributed by atoms with Crippen molar-refractivity contribution in [2.45, 2.75) is 19.8 Å². The van der Waals surface area contributed by atoms with Crippen LogP contribution in [0.25, 0.3) is 76.1 Å². The lowest BCUT2D eigenvalue weighted by atomic mass is 9.83. The van der Waals surface area contributed by atoms with Gasteiger partial charge in [-0.1, -0.05) is 147 Å². The van der Waals surface area contributed by atoms with Gasteiger partial charge >= 0.3 is 0 Å². The molecule has 0 aromatic heterocycles. The predicted molar refractivity (Wildman–Crippen MR) is 179 cm³/mol. The SMILES string of the molecule is CC(C)c1c2ccccc2cc2c1ccc1c(-c3c4ccccc4c(-c4ccccc4)c4ccccc34)cccc12. The van der Waals surface area contributed by atoms with Gasteiger partial charge in [-0.3, -0.25) is 0 Å². The zero-order chi connectivity index (χ0) is 27.5. The molecule has 0 radical (unpaired) electrons. The average Bonchev–Trinajstić information content (AvgIpc) is 3.02. The van der Waals surface area contributed by atoms with E-state index in [4.69, 9.17) is 0 Å². The highest BCUT2D eigenvalue weighted by molar-refractivity contribution is 6.25. The summed E-state index contributed by atoms with van der Waals surface area (Å²) in [6.07, 6.45) is 0. The van der Waals surface area contributed by atoms with E-state index >= 15 is 0 Å². The molecule has 8 rings (SSSR count). The van der Waals surface area contributed by atoms with Crippen molar-refractivity contribution < 1.29 is 0 Å². The van der Waals surface area contributed by atoms with Gasteiger partial charge in [0.2, 0.25) is 0 Å². The summed E-state index contributed by atoms with van der Waals surface area (Å²) < 4.78 is 0. The molecular formula is C41H30. The zero-order valence-electron chi connectivity index (χ0n) is 23.4. The van der Waals surface area contributed by atoms with Gasteiger partial charge in [-0.2, -0.15) is 0 Å². The summed E-state index contributed by atoms with van der Waals surface area (Å²) >= 11 is 0. The van der Waals surface area contributed by atoms with Gasteiger partial charge in [0.1, 0.15) is 0 Å². The molecule has 0 amide bonds. The van der Waals surface area contributed by atoms with Gasteiger partial charge in [0.15, 0.2) is 0 Å². The first-order valence-electron chi connectivity index (χ1n) is 14.6. The van der Waals surface area contributed by atoms with Crippen LogP contribution in [0, 0.1) is 0 Å². The van der Waals surface area contributed by atoms with Crippen LogP contribution >= 0.6 is 0 Å². The standard InChI is InChI=1S/C41H30/c1-26(2)39-29-16-7-6-15-28(29)25-38-30-21-12-22-32(31(30)23-24-37(38)39)41-35-19-10-8-17-33(35)40(27-13-4-3-5-14-27)34-18-9-11-20-36(34)41/h3-26H,1-2H3. The number of hydrogen-bond donors (Lipinski definition) is 0. The van der Waals surface area contributed by atoms with Crippen LogP contribution in [0.4, 0.5) is 0 Å². The van der Waals surface area contributed by atoms with Crippen molar-refractivity contribution in [3.63, 3.8) is 0 Å². The molecule has 0 heterocycles. The molecule has 41 heavy (non-hydrogen) atoms. The first kappa shape index (κ1) is 23.9. The number of fused-ring (bicyclic) bond motifs is 6. The van der Waals surface area contributed by atoms with E-state index in [0.717, 1.165) is 0 Å². The van der Waals surface area contributed by atoms with Crippen molar-refractivity contribution in [2.75, 3.05) is 0 Å². The molecule has 194 valence electrons. The summed E-state index contributed by atoms with van der Waals surface area (Å²) in [6, 6.07) is 51.5. The normalized spacial score (nSPS) is 11.9. The highest BCUT2D eigenvalue weighted by Crippen LogP contribution is 2.46. The highest BCUT2D eigenvalue weighted by Gasteiger charge is 2.19. The van der Waals surface area contributed by atoms with E-state index in [9.17, 15) is 0 Å². The van der Waals surface area contributed by atoms with Crippen molar-refractivity contribution in [3.05, 3.63) is 145 Å². The summed E-state index contributed by atoms with van der Waals surface area (Å²) in [5.74, 6) is 0.433. The van der Waals surface area contributed by atoms with Gasteiger partial charge in [-0.15, -0.1) is 0 Å². The topological polar surface area (TPSA) is 0 Å². The minimum Gasteiger partial charge on any atom is -0.0622 e. The molecule has 8 aromatic rings. The van der Waals surface area contributed by atoms with Crippen LogP contribution in [0.2, 0.25) is 0 Å². The van der Waals surface area contributed by atoms with Gasteiger partial charge in [0.05, 0.1) is 0 Å². The summed E-state index contributed by atoms with van der Waals surface area (Å²) in [7, 11) is 0. The van der Waals surface area contributed by atoms with Crippen molar-refractivity contribution in [3.8, 4) is 22.3 Å². The first-order valence-corrected chi connectivity index (χ1v) is 14.6. The molecule has 0 aliphatic carbocycles. The summed E-state index contributed by atoms with van der Waals surface area (Å²) in [5.41, 5.74) is 6.60. The van der Waals surface area contributed by atoms with E-state index in [-0.39, 0.29) is 0 Å². The molecule has 0 bridgehead atoms. The molecule has 0 aliphatic rings. The average molecular weight is 523 g/mol. The van der Waals surface area contributed by atoms with Crippen LogP contribution < -0.4 is 0 Å². The van der Waals surface area contributed by atoms with E-state index in [2.05, 4.69) is 153 Å². The molecule has 0 saturated heterocycles. The fourth-order valence-electron chi connectivity index (χ4n) is 7.11. The third kappa shape index (κ3) is 3.61. The maximum absolute atomic E-state index is 2.40. The number of benzene rings is 8. The minimum absolute atomic E-state index is 0.433. The number of rotatable bonds is 3. The monoisotopic (exact) mass is 522 g/mol.